The summed E-state index contributed by atoms with van der Waals surface area (Å²) in [5.41, 5.74) is 1.46. The van der Waals surface area contributed by atoms with E-state index in [4.69, 9.17) is 4.74 Å². The van der Waals surface area contributed by atoms with Gasteiger partial charge in [0.1, 0.15) is 11.4 Å². The molecule has 1 unspecified atom stereocenters. The highest BCUT2D eigenvalue weighted by Crippen LogP contribution is 2.20. The average Bonchev–Trinajstić information content (AvgIpc) is 3.12. The Labute approximate surface area is 142 Å². The van der Waals surface area contributed by atoms with E-state index >= 15 is 0 Å². The Morgan fingerprint density at radius 3 is 3.00 bits per heavy atom. The molecule has 0 radical (unpaired) electrons. The van der Waals surface area contributed by atoms with Gasteiger partial charge in [-0.1, -0.05) is 18.2 Å². The molecule has 1 N–H and O–H groups in total. The van der Waals surface area contributed by atoms with E-state index in [0.717, 1.165) is 37.2 Å². The van der Waals surface area contributed by atoms with Gasteiger partial charge < -0.3 is 15.0 Å². The molecule has 3 rings (SSSR count). The van der Waals surface area contributed by atoms with Crippen molar-refractivity contribution in [3.8, 4) is 5.75 Å². The molecule has 1 aliphatic rings. The van der Waals surface area contributed by atoms with E-state index in [1.165, 1.54) is 0 Å². The van der Waals surface area contributed by atoms with Crippen LogP contribution in [0.2, 0.25) is 0 Å². The van der Waals surface area contributed by atoms with E-state index in [1.54, 1.807) is 25.1 Å². The number of hydrogen-bond donors (Lipinski definition) is 1. The quantitative estimate of drug-likeness (QED) is 0.913. The Morgan fingerprint density at radius 2 is 2.25 bits per heavy atom. The molecule has 2 aromatic rings. The second-order valence-electron chi connectivity index (χ2n) is 6.15. The molecule has 1 saturated heterocycles. The van der Waals surface area contributed by atoms with Gasteiger partial charge in [-0.2, -0.15) is 5.10 Å². The van der Waals surface area contributed by atoms with Crippen LogP contribution in [-0.4, -0.2) is 47.8 Å². The summed E-state index contributed by atoms with van der Waals surface area (Å²) >= 11 is 0. The second kappa shape index (κ2) is 7.49. The third kappa shape index (κ3) is 3.59. The lowest BCUT2D eigenvalue weighted by Gasteiger charge is -2.23. The van der Waals surface area contributed by atoms with Crippen LogP contribution >= 0.6 is 0 Å². The highest BCUT2D eigenvalue weighted by atomic mass is 16.5. The molecule has 1 aromatic heterocycles. The first-order valence-corrected chi connectivity index (χ1v) is 8.32. The van der Waals surface area contributed by atoms with Gasteiger partial charge in [-0.05, 0) is 31.5 Å². The maximum absolute atomic E-state index is 12.6. The van der Waals surface area contributed by atoms with Crippen molar-refractivity contribution in [2.24, 2.45) is 0 Å². The molecule has 6 heteroatoms. The molecule has 1 aliphatic heterocycles. The van der Waals surface area contributed by atoms with Crippen molar-refractivity contribution in [1.82, 2.24) is 20.0 Å². The molecule has 0 bridgehead atoms. The van der Waals surface area contributed by atoms with Crippen LogP contribution in [0.25, 0.3) is 0 Å². The fourth-order valence-electron chi connectivity index (χ4n) is 3.07. The summed E-state index contributed by atoms with van der Waals surface area (Å²) in [6.07, 6.45) is 4.14. The minimum absolute atomic E-state index is 0.0802. The van der Waals surface area contributed by atoms with Gasteiger partial charge in [-0.15, -0.1) is 0 Å². The van der Waals surface area contributed by atoms with E-state index in [1.807, 2.05) is 35.1 Å². The van der Waals surface area contributed by atoms with Gasteiger partial charge in [0.2, 0.25) is 0 Å². The fourth-order valence-corrected chi connectivity index (χ4v) is 3.07. The average molecular weight is 328 g/mol. The maximum Gasteiger partial charge on any atom is 0.274 e. The molecule has 24 heavy (non-hydrogen) atoms. The van der Waals surface area contributed by atoms with Gasteiger partial charge in [-0.25, -0.2) is 0 Å². The largest absolute Gasteiger partial charge is 0.496 e. The lowest BCUT2D eigenvalue weighted by atomic mass is 10.1. The SMILES string of the molecule is COc1ccccc1CN(C)C(=O)c1ccn(C2CCCNC2)n1. The van der Waals surface area contributed by atoms with E-state index in [9.17, 15) is 4.79 Å². The molecule has 0 saturated carbocycles. The predicted octanol–water partition coefficient (Wildman–Crippen LogP) is 2.09. The lowest BCUT2D eigenvalue weighted by Crippen LogP contribution is -2.32. The van der Waals surface area contributed by atoms with Crippen molar-refractivity contribution in [2.75, 3.05) is 27.2 Å². The first kappa shape index (κ1) is 16.5. The highest BCUT2D eigenvalue weighted by Gasteiger charge is 2.20. The number of nitrogens with zero attached hydrogens (tertiary/aromatic N) is 3. The Morgan fingerprint density at radius 1 is 1.42 bits per heavy atom. The van der Waals surface area contributed by atoms with Crippen molar-refractivity contribution in [1.29, 1.82) is 0 Å². The number of piperidine rings is 1. The monoisotopic (exact) mass is 328 g/mol. The number of para-hydroxylation sites is 1. The van der Waals surface area contributed by atoms with Gasteiger partial charge >= 0.3 is 0 Å². The fraction of sp³-hybridized carbons (Fsp3) is 0.444. The van der Waals surface area contributed by atoms with E-state index < -0.39 is 0 Å². The maximum atomic E-state index is 12.6. The predicted molar refractivity (Wildman–Crippen MR) is 92.2 cm³/mol. The molecular formula is C18H24N4O2. The smallest absolute Gasteiger partial charge is 0.274 e. The van der Waals surface area contributed by atoms with Crippen molar-refractivity contribution >= 4 is 5.91 Å². The topological polar surface area (TPSA) is 59.4 Å². The number of aromatic nitrogens is 2. The Hall–Kier alpha value is -2.34. The molecule has 128 valence electrons. The van der Waals surface area contributed by atoms with Crippen LogP contribution in [0, 0.1) is 0 Å². The Balaban J connectivity index is 1.68. The van der Waals surface area contributed by atoms with Crippen LogP contribution in [-0.2, 0) is 6.54 Å². The van der Waals surface area contributed by atoms with E-state index in [2.05, 4.69) is 10.4 Å². The van der Waals surface area contributed by atoms with E-state index in [-0.39, 0.29) is 5.91 Å². The van der Waals surface area contributed by atoms with Crippen molar-refractivity contribution < 1.29 is 9.53 Å². The number of carbonyl (C=O) groups excluding carboxylic acids is 1. The van der Waals surface area contributed by atoms with Gasteiger partial charge in [0.15, 0.2) is 0 Å². The summed E-state index contributed by atoms with van der Waals surface area (Å²) in [5, 5.41) is 7.86. The molecule has 1 fully saturated rings. The van der Waals surface area contributed by atoms with Crippen molar-refractivity contribution in [2.45, 2.75) is 25.4 Å². The Kier molecular flexibility index (Phi) is 5.15. The molecule has 6 nitrogen and oxygen atoms in total. The van der Waals surface area contributed by atoms with Gasteiger partial charge in [0, 0.05) is 31.9 Å². The summed E-state index contributed by atoms with van der Waals surface area (Å²) in [7, 11) is 3.43. The zero-order valence-corrected chi connectivity index (χ0v) is 14.2. The number of hydrogen-bond acceptors (Lipinski definition) is 4. The number of amides is 1. The third-order valence-electron chi connectivity index (χ3n) is 4.42. The van der Waals surface area contributed by atoms with Crippen LogP contribution < -0.4 is 10.1 Å². The van der Waals surface area contributed by atoms with Crippen LogP contribution in [0.15, 0.2) is 36.5 Å². The van der Waals surface area contributed by atoms with Crippen LogP contribution in [0.5, 0.6) is 5.75 Å². The number of methoxy groups -OCH3 is 1. The first-order valence-electron chi connectivity index (χ1n) is 8.32. The van der Waals surface area contributed by atoms with Gasteiger partial charge in [-0.3, -0.25) is 9.48 Å². The molecule has 1 amide bonds. The summed E-state index contributed by atoms with van der Waals surface area (Å²) in [6, 6.07) is 9.87. The third-order valence-corrected chi connectivity index (χ3v) is 4.42. The summed E-state index contributed by atoms with van der Waals surface area (Å²) in [4.78, 5) is 14.3. The minimum atomic E-state index is -0.0802. The summed E-state index contributed by atoms with van der Waals surface area (Å²) < 4.78 is 7.26. The zero-order chi connectivity index (χ0) is 16.9. The molecule has 0 aliphatic carbocycles. The van der Waals surface area contributed by atoms with Crippen molar-refractivity contribution in [3.63, 3.8) is 0 Å². The molecule has 2 heterocycles. The minimum Gasteiger partial charge on any atom is -0.496 e. The summed E-state index contributed by atoms with van der Waals surface area (Å²) in [5.74, 6) is 0.708. The number of nitrogens with one attached hydrogen (secondary N) is 1. The Bertz CT molecular complexity index is 692. The van der Waals surface area contributed by atoms with Crippen molar-refractivity contribution in [3.05, 3.63) is 47.8 Å². The molecule has 1 atom stereocenters. The first-order chi connectivity index (χ1) is 11.7. The van der Waals surface area contributed by atoms with Gasteiger partial charge in [0.25, 0.3) is 5.91 Å². The summed E-state index contributed by atoms with van der Waals surface area (Å²) in [6.45, 7) is 2.46. The van der Waals surface area contributed by atoms with Gasteiger partial charge in [0.05, 0.1) is 13.2 Å². The number of rotatable bonds is 5. The molecule has 0 spiro atoms. The standard InChI is InChI=1S/C18H24N4O2/c1-21(13-14-6-3-4-8-17(14)24-2)18(23)16-9-11-22(20-16)15-7-5-10-19-12-15/h3-4,6,8-9,11,15,19H,5,7,10,12-13H2,1-2H3. The van der Waals surface area contributed by atoms with E-state index in [0.29, 0.717) is 18.3 Å². The second-order valence-corrected chi connectivity index (χ2v) is 6.15. The number of carbonyl (C=O) groups is 1. The molecular weight excluding hydrogens is 304 g/mol. The highest BCUT2D eigenvalue weighted by molar-refractivity contribution is 5.92. The van der Waals surface area contributed by atoms with Crippen LogP contribution in [0.3, 0.4) is 0 Å². The number of ether oxygens (including phenoxy) is 1. The molecule has 1 aromatic carbocycles. The number of benzene rings is 1. The normalized spacial score (nSPS) is 17.5. The lowest BCUT2D eigenvalue weighted by molar-refractivity contribution is 0.0777. The van der Waals surface area contributed by atoms with Crippen LogP contribution in [0.1, 0.15) is 34.9 Å². The van der Waals surface area contributed by atoms with Crippen LogP contribution in [0.4, 0.5) is 0 Å². The zero-order valence-electron chi connectivity index (χ0n) is 14.2.